The van der Waals surface area contributed by atoms with E-state index >= 15 is 0 Å². The van der Waals surface area contributed by atoms with Gasteiger partial charge >= 0.3 is 11.7 Å². The minimum absolute atomic E-state index is 0.192. The van der Waals surface area contributed by atoms with Gasteiger partial charge in [0.05, 0.1) is 17.1 Å². The van der Waals surface area contributed by atoms with Crippen molar-refractivity contribution < 1.29 is 19.6 Å². The third-order valence-electron chi connectivity index (χ3n) is 3.09. The van der Waals surface area contributed by atoms with Crippen molar-refractivity contribution in [2.75, 3.05) is 25.2 Å². The summed E-state index contributed by atoms with van der Waals surface area (Å²) < 4.78 is 5.00. The Morgan fingerprint density at radius 2 is 2.35 bits per heavy atom. The predicted octanol–water partition coefficient (Wildman–Crippen LogP) is 1.30. The van der Waals surface area contributed by atoms with Crippen LogP contribution in [0.15, 0.2) is 12.3 Å². The van der Waals surface area contributed by atoms with Crippen molar-refractivity contribution in [1.29, 1.82) is 0 Å². The van der Waals surface area contributed by atoms with Crippen LogP contribution in [0.2, 0.25) is 0 Å². The van der Waals surface area contributed by atoms with Crippen molar-refractivity contribution in [3.8, 4) is 0 Å². The molecule has 0 unspecified atom stereocenters. The van der Waals surface area contributed by atoms with Crippen LogP contribution in [-0.4, -0.2) is 47.3 Å². The molecule has 20 heavy (non-hydrogen) atoms. The average molecular weight is 281 g/mol. The Morgan fingerprint density at radius 1 is 1.65 bits per heavy atom. The quantitative estimate of drug-likeness (QED) is 0.593. The number of hydrogen-bond acceptors (Lipinski definition) is 6. The highest BCUT2D eigenvalue weighted by atomic mass is 16.6. The smallest absolute Gasteiger partial charge is 0.337 e. The molecule has 1 fully saturated rings. The second-order valence-corrected chi connectivity index (χ2v) is 4.55. The van der Waals surface area contributed by atoms with Crippen molar-refractivity contribution in [2.24, 2.45) is 0 Å². The first-order valence-electron chi connectivity index (χ1n) is 6.18. The van der Waals surface area contributed by atoms with Crippen LogP contribution in [0.4, 0.5) is 11.5 Å². The minimum atomic E-state index is -1.23. The molecule has 8 heteroatoms. The normalized spacial score (nSPS) is 14.1. The van der Waals surface area contributed by atoms with E-state index in [1.165, 1.54) is 0 Å². The van der Waals surface area contributed by atoms with Gasteiger partial charge in [0, 0.05) is 32.0 Å². The number of aromatic carboxylic acids is 1. The summed E-state index contributed by atoms with van der Waals surface area (Å²) in [5, 5.41) is 20.0. The van der Waals surface area contributed by atoms with E-state index in [1.54, 1.807) is 7.11 Å². The lowest BCUT2D eigenvalue weighted by atomic mass is 10.2. The summed E-state index contributed by atoms with van der Waals surface area (Å²) in [7, 11) is 1.56. The van der Waals surface area contributed by atoms with Gasteiger partial charge in [0.2, 0.25) is 5.82 Å². The number of hydrogen-bond donors (Lipinski definition) is 1. The third kappa shape index (κ3) is 3.02. The van der Waals surface area contributed by atoms with Crippen LogP contribution in [0.1, 0.15) is 23.2 Å². The number of nitrogens with zero attached hydrogens (tertiary/aromatic N) is 3. The van der Waals surface area contributed by atoms with Gasteiger partial charge in [-0.3, -0.25) is 10.1 Å². The summed E-state index contributed by atoms with van der Waals surface area (Å²) in [5.41, 5.74) is -0.476. The maximum Gasteiger partial charge on any atom is 0.337 e. The fourth-order valence-corrected chi connectivity index (χ4v) is 1.96. The third-order valence-corrected chi connectivity index (χ3v) is 3.09. The van der Waals surface area contributed by atoms with Crippen molar-refractivity contribution in [3.63, 3.8) is 0 Å². The summed E-state index contributed by atoms with van der Waals surface area (Å²) in [6, 6.07) is 1.26. The van der Waals surface area contributed by atoms with Crippen molar-refractivity contribution >= 4 is 17.5 Å². The number of aromatic nitrogens is 1. The molecule has 1 aromatic rings. The standard InChI is InChI=1S/C12H15N3O5/c1-20-5-4-14(9-2-3-9)11-10(15(18)19)6-8(7-13-11)12(16)17/h6-7,9H,2-5H2,1H3,(H,16,17). The number of methoxy groups -OCH3 is 1. The number of ether oxygens (including phenoxy) is 1. The molecular formula is C12H15N3O5. The minimum Gasteiger partial charge on any atom is -0.478 e. The molecule has 1 heterocycles. The van der Waals surface area contributed by atoms with Crippen LogP contribution in [0.3, 0.4) is 0 Å². The first-order valence-corrected chi connectivity index (χ1v) is 6.18. The second kappa shape index (κ2) is 5.83. The molecule has 2 rings (SSSR count). The number of nitro groups is 1. The fraction of sp³-hybridized carbons (Fsp3) is 0.500. The van der Waals surface area contributed by atoms with Crippen molar-refractivity contribution in [3.05, 3.63) is 27.9 Å². The van der Waals surface area contributed by atoms with Crippen LogP contribution >= 0.6 is 0 Å². The Balaban J connectivity index is 2.37. The molecular weight excluding hydrogens is 266 g/mol. The van der Waals surface area contributed by atoms with Gasteiger partial charge in [-0.25, -0.2) is 9.78 Å². The lowest BCUT2D eigenvalue weighted by Crippen LogP contribution is -2.31. The molecule has 1 aliphatic carbocycles. The SMILES string of the molecule is COCCN(c1ncc(C(=O)O)cc1[N+](=O)[O-])C1CC1. The van der Waals surface area contributed by atoms with E-state index in [0.29, 0.717) is 13.2 Å². The summed E-state index contributed by atoms with van der Waals surface area (Å²) in [6.45, 7) is 0.914. The van der Waals surface area contributed by atoms with Crippen LogP contribution < -0.4 is 4.90 Å². The largest absolute Gasteiger partial charge is 0.478 e. The number of rotatable bonds is 7. The highest BCUT2D eigenvalue weighted by molar-refractivity contribution is 5.88. The van der Waals surface area contributed by atoms with E-state index in [0.717, 1.165) is 25.1 Å². The summed E-state index contributed by atoms with van der Waals surface area (Å²) in [4.78, 5) is 27.2. The molecule has 0 radical (unpaired) electrons. The van der Waals surface area contributed by atoms with Crippen LogP contribution in [0.5, 0.6) is 0 Å². The molecule has 0 atom stereocenters. The molecule has 1 saturated carbocycles. The average Bonchev–Trinajstić information content (AvgIpc) is 3.23. The number of carbonyl (C=O) groups is 1. The van der Waals surface area contributed by atoms with Gasteiger partial charge in [0.25, 0.3) is 0 Å². The zero-order valence-corrected chi connectivity index (χ0v) is 11.0. The topological polar surface area (TPSA) is 106 Å². The molecule has 0 saturated heterocycles. The first-order chi connectivity index (χ1) is 9.54. The fourth-order valence-electron chi connectivity index (χ4n) is 1.96. The predicted molar refractivity (Wildman–Crippen MR) is 70.1 cm³/mol. The molecule has 0 spiro atoms. The maximum absolute atomic E-state index is 11.1. The second-order valence-electron chi connectivity index (χ2n) is 4.55. The molecule has 0 amide bonds. The highest BCUT2D eigenvalue weighted by Gasteiger charge is 2.34. The number of carboxylic acid groups (broad SMARTS) is 1. The number of pyridine rings is 1. The number of carboxylic acids is 1. The molecule has 0 aliphatic heterocycles. The van der Waals surface area contributed by atoms with Gasteiger partial charge in [-0.1, -0.05) is 0 Å². The van der Waals surface area contributed by atoms with E-state index in [4.69, 9.17) is 9.84 Å². The van der Waals surface area contributed by atoms with Crippen molar-refractivity contribution in [1.82, 2.24) is 4.98 Å². The Kier molecular flexibility index (Phi) is 4.14. The summed E-state index contributed by atoms with van der Waals surface area (Å²) in [6.07, 6.45) is 3.04. The molecule has 108 valence electrons. The van der Waals surface area contributed by atoms with Gasteiger partial charge in [-0.2, -0.15) is 0 Å². The Bertz CT molecular complexity index is 530. The van der Waals surface area contributed by atoms with Gasteiger partial charge in [-0.05, 0) is 12.8 Å². The van der Waals surface area contributed by atoms with Crippen LogP contribution in [-0.2, 0) is 4.74 Å². The van der Waals surface area contributed by atoms with Crippen LogP contribution in [0.25, 0.3) is 0 Å². The molecule has 1 N–H and O–H groups in total. The lowest BCUT2D eigenvalue weighted by Gasteiger charge is -2.22. The Hall–Kier alpha value is -2.22. The summed E-state index contributed by atoms with van der Waals surface area (Å²) >= 11 is 0. The van der Waals surface area contributed by atoms with Crippen molar-refractivity contribution in [2.45, 2.75) is 18.9 Å². The van der Waals surface area contributed by atoms with Gasteiger partial charge < -0.3 is 14.7 Å². The summed E-state index contributed by atoms with van der Waals surface area (Å²) in [5.74, 6) is -1.03. The van der Waals surface area contributed by atoms with E-state index in [1.807, 2.05) is 4.90 Å². The maximum atomic E-state index is 11.1. The van der Waals surface area contributed by atoms with E-state index in [-0.39, 0.29) is 23.1 Å². The van der Waals surface area contributed by atoms with E-state index < -0.39 is 10.9 Å². The van der Waals surface area contributed by atoms with E-state index in [9.17, 15) is 14.9 Å². The molecule has 1 aromatic heterocycles. The first kappa shape index (κ1) is 14.2. The monoisotopic (exact) mass is 281 g/mol. The zero-order chi connectivity index (χ0) is 14.7. The molecule has 0 bridgehead atoms. The van der Waals surface area contributed by atoms with Gasteiger partial charge in [0.1, 0.15) is 0 Å². The van der Waals surface area contributed by atoms with E-state index in [2.05, 4.69) is 4.98 Å². The van der Waals surface area contributed by atoms with Crippen LogP contribution in [0, 0.1) is 10.1 Å². The molecule has 8 nitrogen and oxygen atoms in total. The molecule has 1 aliphatic rings. The lowest BCUT2D eigenvalue weighted by molar-refractivity contribution is -0.384. The Labute approximate surface area is 115 Å². The molecule has 0 aromatic carbocycles. The Morgan fingerprint density at radius 3 is 2.85 bits per heavy atom. The number of anilines is 1. The van der Waals surface area contributed by atoms with Gasteiger partial charge in [0.15, 0.2) is 0 Å². The highest BCUT2D eigenvalue weighted by Crippen LogP contribution is 2.35. The zero-order valence-electron chi connectivity index (χ0n) is 11.0. The van der Waals surface area contributed by atoms with Gasteiger partial charge in [-0.15, -0.1) is 0 Å².